The van der Waals surface area contributed by atoms with Crippen molar-refractivity contribution in [2.75, 3.05) is 0 Å². The van der Waals surface area contributed by atoms with Gasteiger partial charge < -0.3 is 0 Å². The number of carbonyl (C=O) groups is 1. The lowest BCUT2D eigenvalue weighted by molar-refractivity contribution is -0.115. The number of rotatable bonds is 1. The fraction of sp³-hybridized carbons (Fsp3) is 0.909. The Morgan fingerprint density at radius 3 is 1.62 bits per heavy atom. The molecule has 13 heavy (non-hydrogen) atoms. The Bertz CT molecular complexity index is 146. The normalized spacial score (nSPS) is 22.5. The molecule has 0 N–H and O–H groups in total. The molecule has 0 unspecified atom stereocenters. The minimum Gasteiger partial charge on any atom is -0.281 e. The number of hydrogen-bond acceptors (Lipinski definition) is 1. The van der Waals surface area contributed by atoms with Crippen LogP contribution < -0.4 is 0 Å². The van der Waals surface area contributed by atoms with Crippen LogP contribution in [-0.2, 0) is 4.79 Å². The van der Waals surface area contributed by atoms with Gasteiger partial charge in [-0.1, -0.05) is 44.9 Å². The Morgan fingerprint density at radius 1 is 0.846 bits per heavy atom. The first-order valence-electron chi connectivity index (χ1n) is 5.50. The summed E-state index contributed by atoms with van der Waals surface area (Å²) < 4.78 is 0. The minimum absolute atomic E-state index is 0.111. The minimum atomic E-state index is -0.111. The van der Waals surface area contributed by atoms with Crippen LogP contribution in [0.15, 0.2) is 0 Å². The third-order valence-corrected chi connectivity index (χ3v) is 3.23. The Morgan fingerprint density at radius 2 is 1.23 bits per heavy atom. The molecule has 1 aliphatic carbocycles. The summed E-state index contributed by atoms with van der Waals surface area (Å²) in [5, 5.41) is -0.111. The van der Waals surface area contributed by atoms with E-state index in [1.807, 2.05) is 0 Å². The van der Waals surface area contributed by atoms with Crippen molar-refractivity contribution in [3.8, 4) is 0 Å². The van der Waals surface area contributed by atoms with Gasteiger partial charge in [0, 0.05) is 5.92 Å². The van der Waals surface area contributed by atoms with Crippen LogP contribution in [0.1, 0.15) is 57.8 Å². The summed E-state index contributed by atoms with van der Waals surface area (Å²) in [6, 6.07) is 0. The second-order valence-corrected chi connectivity index (χ2v) is 4.43. The lowest BCUT2D eigenvalue weighted by atomic mass is 9.93. The van der Waals surface area contributed by atoms with Gasteiger partial charge >= 0.3 is 0 Å². The lowest BCUT2D eigenvalue weighted by Crippen LogP contribution is -2.09. The molecular formula is C11H19ClO. The fourth-order valence-corrected chi connectivity index (χ4v) is 2.25. The van der Waals surface area contributed by atoms with Crippen molar-refractivity contribution in [3.63, 3.8) is 0 Å². The average Bonchev–Trinajstić information content (AvgIpc) is 2.14. The van der Waals surface area contributed by atoms with E-state index in [1.165, 1.54) is 44.9 Å². The molecule has 0 atom stereocenters. The molecule has 0 saturated heterocycles. The van der Waals surface area contributed by atoms with Gasteiger partial charge in [0.15, 0.2) is 0 Å². The monoisotopic (exact) mass is 202 g/mol. The van der Waals surface area contributed by atoms with E-state index in [1.54, 1.807) is 0 Å². The summed E-state index contributed by atoms with van der Waals surface area (Å²) in [5.74, 6) is 0.153. The molecule has 0 aliphatic heterocycles. The predicted molar refractivity (Wildman–Crippen MR) is 55.9 cm³/mol. The van der Waals surface area contributed by atoms with Gasteiger partial charge in [-0.15, -0.1) is 0 Å². The average molecular weight is 203 g/mol. The van der Waals surface area contributed by atoms with Crippen molar-refractivity contribution in [2.45, 2.75) is 57.8 Å². The Hall–Kier alpha value is -0.0400. The molecular weight excluding hydrogens is 184 g/mol. The second kappa shape index (κ2) is 6.42. The maximum absolute atomic E-state index is 11.0. The predicted octanol–water partition coefficient (Wildman–Crippen LogP) is 3.89. The van der Waals surface area contributed by atoms with Gasteiger partial charge in [0.1, 0.15) is 0 Å². The smallest absolute Gasteiger partial charge is 0.224 e. The van der Waals surface area contributed by atoms with Gasteiger partial charge in [0.05, 0.1) is 0 Å². The molecule has 1 aliphatic rings. The van der Waals surface area contributed by atoms with Crippen LogP contribution in [-0.4, -0.2) is 5.24 Å². The maximum Gasteiger partial charge on any atom is 0.224 e. The van der Waals surface area contributed by atoms with Gasteiger partial charge in [-0.25, -0.2) is 0 Å². The van der Waals surface area contributed by atoms with E-state index in [4.69, 9.17) is 11.6 Å². The van der Waals surface area contributed by atoms with Crippen LogP contribution in [0.2, 0.25) is 0 Å². The molecule has 0 aromatic rings. The van der Waals surface area contributed by atoms with Crippen molar-refractivity contribution in [2.24, 2.45) is 5.92 Å². The molecule has 76 valence electrons. The van der Waals surface area contributed by atoms with Crippen molar-refractivity contribution >= 4 is 16.8 Å². The summed E-state index contributed by atoms with van der Waals surface area (Å²) in [7, 11) is 0. The Labute approximate surface area is 85.8 Å². The van der Waals surface area contributed by atoms with Crippen molar-refractivity contribution in [1.29, 1.82) is 0 Å². The van der Waals surface area contributed by atoms with Crippen LogP contribution in [0, 0.1) is 5.92 Å². The van der Waals surface area contributed by atoms with E-state index in [2.05, 4.69) is 0 Å². The van der Waals surface area contributed by atoms with Gasteiger partial charge in [0.2, 0.25) is 5.24 Å². The van der Waals surface area contributed by atoms with E-state index >= 15 is 0 Å². The van der Waals surface area contributed by atoms with E-state index in [9.17, 15) is 4.79 Å². The third kappa shape index (κ3) is 4.66. The second-order valence-electron chi connectivity index (χ2n) is 4.05. The largest absolute Gasteiger partial charge is 0.281 e. The molecule has 0 amide bonds. The summed E-state index contributed by atoms with van der Waals surface area (Å²) >= 11 is 5.54. The van der Waals surface area contributed by atoms with E-state index in [-0.39, 0.29) is 11.2 Å². The quantitative estimate of drug-likeness (QED) is 0.590. The number of carbonyl (C=O) groups excluding carboxylic acids is 1. The van der Waals surface area contributed by atoms with Crippen molar-refractivity contribution in [1.82, 2.24) is 0 Å². The highest BCUT2D eigenvalue weighted by Gasteiger charge is 2.15. The Balaban J connectivity index is 2.30. The lowest BCUT2D eigenvalue weighted by Gasteiger charge is -2.14. The topological polar surface area (TPSA) is 17.1 Å². The highest BCUT2D eigenvalue weighted by Crippen LogP contribution is 2.22. The molecule has 2 heteroatoms. The van der Waals surface area contributed by atoms with Gasteiger partial charge in [-0.05, 0) is 24.4 Å². The molecule has 0 spiro atoms. The van der Waals surface area contributed by atoms with Crippen LogP contribution in [0.3, 0.4) is 0 Å². The van der Waals surface area contributed by atoms with Crippen LogP contribution in [0.25, 0.3) is 0 Å². The molecule has 0 aromatic heterocycles. The van der Waals surface area contributed by atoms with Crippen LogP contribution >= 0.6 is 11.6 Å². The molecule has 0 bridgehead atoms. The summed E-state index contributed by atoms with van der Waals surface area (Å²) in [4.78, 5) is 11.0. The van der Waals surface area contributed by atoms with Gasteiger partial charge in [-0.3, -0.25) is 4.79 Å². The summed E-state index contributed by atoms with van der Waals surface area (Å²) in [6.07, 6.45) is 11.0. The van der Waals surface area contributed by atoms with Gasteiger partial charge in [0.25, 0.3) is 0 Å². The van der Waals surface area contributed by atoms with E-state index < -0.39 is 0 Å². The van der Waals surface area contributed by atoms with Gasteiger partial charge in [-0.2, -0.15) is 0 Å². The molecule has 1 saturated carbocycles. The first kappa shape index (κ1) is 11.0. The maximum atomic E-state index is 11.0. The fourth-order valence-electron chi connectivity index (χ4n) is 2.04. The highest BCUT2D eigenvalue weighted by atomic mass is 35.5. The number of hydrogen-bond donors (Lipinski definition) is 0. The molecule has 0 heterocycles. The Kier molecular flexibility index (Phi) is 5.45. The van der Waals surface area contributed by atoms with E-state index in [0.29, 0.717) is 0 Å². The zero-order valence-electron chi connectivity index (χ0n) is 8.23. The molecule has 0 radical (unpaired) electrons. The number of halogens is 1. The van der Waals surface area contributed by atoms with Crippen LogP contribution in [0.5, 0.6) is 0 Å². The SMILES string of the molecule is O=C(Cl)C1CCCCCCCCC1. The van der Waals surface area contributed by atoms with Crippen molar-refractivity contribution < 1.29 is 4.79 Å². The molecule has 1 nitrogen and oxygen atoms in total. The molecule has 1 fully saturated rings. The van der Waals surface area contributed by atoms with Crippen LogP contribution in [0.4, 0.5) is 0 Å². The molecule has 1 rings (SSSR count). The van der Waals surface area contributed by atoms with E-state index in [0.717, 1.165) is 12.8 Å². The zero-order chi connectivity index (χ0) is 9.52. The molecule has 0 aromatic carbocycles. The highest BCUT2D eigenvalue weighted by molar-refractivity contribution is 6.63. The van der Waals surface area contributed by atoms with Crippen molar-refractivity contribution in [3.05, 3.63) is 0 Å². The summed E-state index contributed by atoms with van der Waals surface area (Å²) in [5.41, 5.74) is 0. The summed E-state index contributed by atoms with van der Waals surface area (Å²) in [6.45, 7) is 0. The standard InChI is InChI=1S/C11H19ClO/c12-11(13)10-8-6-4-2-1-3-5-7-9-10/h10H,1-9H2. The first-order valence-corrected chi connectivity index (χ1v) is 5.88. The first-order chi connectivity index (χ1) is 6.30. The third-order valence-electron chi connectivity index (χ3n) is 2.93. The zero-order valence-corrected chi connectivity index (χ0v) is 8.98.